The first-order chi connectivity index (χ1) is 12.2. The molecule has 0 saturated carbocycles. The molecule has 1 fully saturated rings. The maximum absolute atomic E-state index is 13.8. The van der Waals surface area contributed by atoms with Crippen molar-refractivity contribution in [2.45, 2.75) is 44.8 Å². The van der Waals surface area contributed by atoms with Crippen LogP contribution in [0.5, 0.6) is 0 Å². The minimum Gasteiger partial charge on any atom is -0.352 e. The monoisotopic (exact) mass is 346 g/mol. The predicted octanol–water partition coefficient (Wildman–Crippen LogP) is 1.37. The molecule has 0 aliphatic carbocycles. The van der Waals surface area contributed by atoms with Crippen LogP contribution in [0.25, 0.3) is 0 Å². The number of halogens is 1. The molecule has 0 spiro atoms. The van der Waals surface area contributed by atoms with Crippen molar-refractivity contribution in [3.8, 4) is 0 Å². The number of piperidine rings is 1. The molecule has 1 aromatic heterocycles. The van der Waals surface area contributed by atoms with Crippen LogP contribution in [0.15, 0.2) is 30.6 Å². The Labute approximate surface area is 146 Å². The molecule has 1 N–H and O–H groups in total. The molecule has 2 aromatic rings. The van der Waals surface area contributed by atoms with Gasteiger partial charge in [-0.15, -0.1) is 5.10 Å². The predicted molar refractivity (Wildman–Crippen MR) is 89.9 cm³/mol. The number of amides is 1. The Kier molecular flexibility index (Phi) is 6.05. The number of carbonyl (C=O) groups is 1. The minimum absolute atomic E-state index is 0.0471. The Morgan fingerprint density at radius 2 is 2.24 bits per heavy atom. The SMILES string of the molecule is O=C(CCCn1cnnn1)N[C@@H]1CCCN(Cc2ccccc2F)C1. The van der Waals surface area contributed by atoms with Crippen molar-refractivity contribution in [3.05, 3.63) is 42.0 Å². The number of hydrogen-bond donors (Lipinski definition) is 1. The Morgan fingerprint density at radius 1 is 1.36 bits per heavy atom. The standard InChI is InChI=1S/C17H23FN6O/c18-16-7-2-1-5-14(16)11-23-9-3-6-15(12-23)20-17(25)8-4-10-24-13-19-21-22-24/h1-2,5,7,13,15H,3-4,6,8-12H2,(H,20,25)/t15-/m1/s1. The van der Waals surface area contributed by atoms with Crippen molar-refractivity contribution in [3.63, 3.8) is 0 Å². The smallest absolute Gasteiger partial charge is 0.220 e. The summed E-state index contributed by atoms with van der Waals surface area (Å²) in [4.78, 5) is 14.3. The zero-order valence-corrected chi connectivity index (χ0v) is 14.1. The zero-order chi connectivity index (χ0) is 17.5. The zero-order valence-electron chi connectivity index (χ0n) is 14.1. The summed E-state index contributed by atoms with van der Waals surface area (Å²) < 4.78 is 15.4. The average Bonchev–Trinajstić information content (AvgIpc) is 3.11. The van der Waals surface area contributed by atoms with Crippen LogP contribution in [0.2, 0.25) is 0 Å². The van der Waals surface area contributed by atoms with Gasteiger partial charge in [-0.2, -0.15) is 0 Å². The van der Waals surface area contributed by atoms with Crippen LogP contribution in [-0.4, -0.2) is 50.1 Å². The Hall–Kier alpha value is -2.35. The number of rotatable bonds is 7. The van der Waals surface area contributed by atoms with Crippen molar-refractivity contribution in [1.29, 1.82) is 0 Å². The van der Waals surface area contributed by atoms with E-state index >= 15 is 0 Å². The molecular formula is C17H23FN6O. The third-order valence-electron chi connectivity index (χ3n) is 4.40. The second kappa shape index (κ2) is 8.66. The summed E-state index contributed by atoms with van der Waals surface area (Å²) in [6.07, 6.45) is 4.66. The van der Waals surface area contributed by atoms with Crippen LogP contribution in [0.4, 0.5) is 4.39 Å². The van der Waals surface area contributed by atoms with Crippen LogP contribution >= 0.6 is 0 Å². The number of tetrazole rings is 1. The van der Waals surface area contributed by atoms with E-state index in [1.807, 2.05) is 12.1 Å². The molecule has 3 rings (SSSR count). The first-order valence-corrected chi connectivity index (χ1v) is 8.66. The lowest BCUT2D eigenvalue weighted by molar-refractivity contribution is -0.122. The fourth-order valence-electron chi connectivity index (χ4n) is 3.17. The summed E-state index contributed by atoms with van der Waals surface area (Å²) in [6.45, 7) is 2.90. The molecule has 1 aliphatic rings. The summed E-state index contributed by atoms with van der Waals surface area (Å²) in [7, 11) is 0. The van der Waals surface area contributed by atoms with Crippen molar-refractivity contribution in [2.24, 2.45) is 0 Å². The van der Waals surface area contributed by atoms with Gasteiger partial charge in [-0.25, -0.2) is 9.07 Å². The molecule has 7 nitrogen and oxygen atoms in total. The summed E-state index contributed by atoms with van der Waals surface area (Å²) in [6, 6.07) is 6.99. The van der Waals surface area contributed by atoms with Crippen LogP contribution < -0.4 is 5.32 Å². The number of aryl methyl sites for hydroxylation is 1. The van der Waals surface area contributed by atoms with E-state index < -0.39 is 0 Å². The highest BCUT2D eigenvalue weighted by molar-refractivity contribution is 5.76. The largest absolute Gasteiger partial charge is 0.352 e. The lowest BCUT2D eigenvalue weighted by atomic mass is 10.0. The Balaban J connectivity index is 1.41. The van der Waals surface area contributed by atoms with Gasteiger partial charge in [0.15, 0.2) is 0 Å². The molecule has 1 aromatic carbocycles. The van der Waals surface area contributed by atoms with E-state index in [4.69, 9.17) is 0 Å². The molecule has 8 heteroatoms. The highest BCUT2D eigenvalue weighted by Gasteiger charge is 2.22. The van der Waals surface area contributed by atoms with Gasteiger partial charge in [-0.1, -0.05) is 18.2 Å². The second-order valence-electron chi connectivity index (χ2n) is 6.41. The molecule has 2 heterocycles. The van der Waals surface area contributed by atoms with E-state index in [9.17, 15) is 9.18 Å². The van der Waals surface area contributed by atoms with E-state index in [1.165, 1.54) is 6.07 Å². The summed E-state index contributed by atoms with van der Waals surface area (Å²) in [5.74, 6) is -0.123. The molecule has 1 aliphatic heterocycles. The molecule has 0 radical (unpaired) electrons. The molecule has 0 unspecified atom stereocenters. The number of nitrogens with zero attached hydrogens (tertiary/aromatic N) is 5. The molecular weight excluding hydrogens is 323 g/mol. The summed E-state index contributed by atoms with van der Waals surface area (Å²) >= 11 is 0. The van der Waals surface area contributed by atoms with Crippen molar-refractivity contribution < 1.29 is 9.18 Å². The van der Waals surface area contributed by atoms with Crippen molar-refractivity contribution in [2.75, 3.05) is 13.1 Å². The van der Waals surface area contributed by atoms with Crippen molar-refractivity contribution in [1.82, 2.24) is 30.4 Å². The lowest BCUT2D eigenvalue weighted by Gasteiger charge is -2.33. The van der Waals surface area contributed by atoms with Crippen LogP contribution in [0.1, 0.15) is 31.2 Å². The quantitative estimate of drug-likeness (QED) is 0.819. The Morgan fingerprint density at radius 3 is 3.04 bits per heavy atom. The first kappa shape index (κ1) is 17.5. The van der Waals surface area contributed by atoms with Crippen LogP contribution in [0, 0.1) is 5.82 Å². The van der Waals surface area contributed by atoms with Crippen LogP contribution in [0.3, 0.4) is 0 Å². The van der Waals surface area contributed by atoms with E-state index in [0.717, 1.165) is 25.9 Å². The molecule has 1 amide bonds. The summed E-state index contributed by atoms with van der Waals surface area (Å²) in [5, 5.41) is 14.0. The van der Waals surface area contributed by atoms with Gasteiger partial charge in [0.1, 0.15) is 12.1 Å². The van der Waals surface area contributed by atoms with Gasteiger partial charge in [-0.3, -0.25) is 9.69 Å². The van der Waals surface area contributed by atoms with Gasteiger partial charge >= 0.3 is 0 Å². The highest BCUT2D eigenvalue weighted by Crippen LogP contribution is 2.16. The molecule has 25 heavy (non-hydrogen) atoms. The lowest BCUT2D eigenvalue weighted by Crippen LogP contribution is -2.47. The highest BCUT2D eigenvalue weighted by atomic mass is 19.1. The maximum atomic E-state index is 13.8. The maximum Gasteiger partial charge on any atom is 0.220 e. The van der Waals surface area contributed by atoms with Gasteiger partial charge in [-0.05, 0) is 42.3 Å². The third-order valence-corrected chi connectivity index (χ3v) is 4.40. The molecule has 134 valence electrons. The number of nitrogens with one attached hydrogen (secondary N) is 1. The van der Waals surface area contributed by atoms with Gasteiger partial charge in [0.2, 0.25) is 5.91 Å². The van der Waals surface area contributed by atoms with E-state index in [0.29, 0.717) is 31.5 Å². The average molecular weight is 346 g/mol. The fourth-order valence-corrected chi connectivity index (χ4v) is 3.17. The Bertz CT molecular complexity index is 678. The number of carbonyl (C=O) groups excluding carboxylic acids is 1. The van der Waals surface area contributed by atoms with E-state index in [2.05, 4.69) is 25.7 Å². The second-order valence-corrected chi connectivity index (χ2v) is 6.41. The van der Waals surface area contributed by atoms with Crippen molar-refractivity contribution >= 4 is 5.91 Å². The van der Waals surface area contributed by atoms with Crippen LogP contribution in [-0.2, 0) is 17.9 Å². The van der Waals surface area contributed by atoms with E-state index in [1.54, 1.807) is 17.1 Å². The van der Waals surface area contributed by atoms with Gasteiger partial charge in [0.25, 0.3) is 0 Å². The van der Waals surface area contributed by atoms with Gasteiger partial charge in [0, 0.05) is 37.7 Å². The number of benzene rings is 1. The normalized spacial score (nSPS) is 18.2. The molecule has 1 saturated heterocycles. The number of aromatic nitrogens is 4. The fraction of sp³-hybridized carbons (Fsp3) is 0.529. The molecule has 1 atom stereocenters. The first-order valence-electron chi connectivity index (χ1n) is 8.66. The topological polar surface area (TPSA) is 75.9 Å². The molecule has 0 bridgehead atoms. The number of hydrogen-bond acceptors (Lipinski definition) is 5. The third kappa shape index (κ3) is 5.32. The van der Waals surface area contributed by atoms with Gasteiger partial charge < -0.3 is 5.32 Å². The summed E-state index contributed by atoms with van der Waals surface area (Å²) in [5.41, 5.74) is 0.705. The minimum atomic E-state index is -0.170. The van der Waals surface area contributed by atoms with E-state index in [-0.39, 0.29) is 17.8 Å². The number of likely N-dealkylation sites (tertiary alicyclic amines) is 1. The van der Waals surface area contributed by atoms with Gasteiger partial charge in [0.05, 0.1) is 0 Å².